The molecular weight excluding hydrogens is 320 g/mol. The molecule has 7 heteroatoms. The molecule has 2 heterocycles. The highest BCUT2D eigenvalue weighted by Crippen LogP contribution is 2.23. The molecule has 0 spiro atoms. The van der Waals surface area contributed by atoms with Crippen molar-refractivity contribution in [2.24, 2.45) is 0 Å². The van der Waals surface area contributed by atoms with Crippen LogP contribution in [0.5, 0.6) is 0 Å². The monoisotopic (exact) mass is 338 g/mol. The largest absolute Gasteiger partial charge is 0.465 e. The number of nitrogens with zero attached hydrogens (tertiary/aromatic N) is 2. The van der Waals surface area contributed by atoms with Gasteiger partial charge in [-0.25, -0.2) is 9.78 Å². The minimum Gasteiger partial charge on any atom is -0.465 e. The number of anilines is 1. The molecule has 0 aliphatic heterocycles. The van der Waals surface area contributed by atoms with Gasteiger partial charge >= 0.3 is 5.97 Å². The van der Waals surface area contributed by atoms with Gasteiger partial charge in [0.25, 0.3) is 5.91 Å². The summed E-state index contributed by atoms with van der Waals surface area (Å²) in [5, 5.41) is 2.88. The number of hydrogen-bond donors (Lipinski definition) is 2. The van der Waals surface area contributed by atoms with E-state index < -0.39 is 5.97 Å². The number of benzene rings is 1. The van der Waals surface area contributed by atoms with Crippen LogP contribution < -0.4 is 5.32 Å². The molecule has 0 aliphatic rings. The van der Waals surface area contributed by atoms with E-state index in [-0.39, 0.29) is 5.91 Å². The maximum absolute atomic E-state index is 12.7. The first-order valence-electron chi connectivity index (χ1n) is 7.69. The van der Waals surface area contributed by atoms with Crippen molar-refractivity contribution in [1.82, 2.24) is 14.5 Å². The van der Waals surface area contributed by atoms with E-state index in [9.17, 15) is 9.59 Å². The molecule has 0 fully saturated rings. The van der Waals surface area contributed by atoms with Gasteiger partial charge in [-0.2, -0.15) is 0 Å². The highest BCUT2D eigenvalue weighted by atomic mass is 16.5. The Balaban J connectivity index is 1.94. The number of H-pyrrole nitrogens is 1. The smallest absolute Gasteiger partial charge is 0.339 e. The molecule has 0 aliphatic carbocycles. The van der Waals surface area contributed by atoms with E-state index in [0.717, 1.165) is 5.69 Å². The fourth-order valence-electron chi connectivity index (χ4n) is 2.78. The number of aromatic amines is 1. The highest BCUT2D eigenvalue weighted by Gasteiger charge is 2.23. The normalized spacial score (nSPS) is 10.5. The standard InChI is InChI=1S/C18H18N4O3/c1-11-15(18(24)25-3)12(2)20-16(11)17(23)21-13-6-4-5-7-14(13)22-9-8-19-10-22/h4-10,20H,1-3H3,(H,21,23). The molecule has 7 nitrogen and oxygen atoms in total. The molecular formula is C18H18N4O3. The van der Waals surface area contributed by atoms with E-state index in [4.69, 9.17) is 4.74 Å². The van der Waals surface area contributed by atoms with Crippen LogP contribution in [0.2, 0.25) is 0 Å². The third kappa shape index (κ3) is 3.03. The molecule has 2 aromatic heterocycles. The van der Waals surface area contributed by atoms with Crippen LogP contribution in [0.4, 0.5) is 5.69 Å². The summed E-state index contributed by atoms with van der Waals surface area (Å²) in [7, 11) is 1.31. The summed E-state index contributed by atoms with van der Waals surface area (Å²) in [6.07, 6.45) is 5.12. The number of aryl methyl sites for hydroxylation is 1. The molecule has 25 heavy (non-hydrogen) atoms. The lowest BCUT2D eigenvalue weighted by atomic mass is 10.1. The summed E-state index contributed by atoms with van der Waals surface area (Å²) in [5.41, 5.74) is 3.30. The molecule has 3 rings (SSSR count). The summed E-state index contributed by atoms with van der Waals surface area (Å²) in [4.78, 5) is 31.6. The van der Waals surface area contributed by atoms with Gasteiger partial charge in [0.2, 0.25) is 0 Å². The molecule has 3 aromatic rings. The molecule has 1 amide bonds. The van der Waals surface area contributed by atoms with Gasteiger partial charge in [-0.15, -0.1) is 0 Å². The van der Waals surface area contributed by atoms with Crippen molar-refractivity contribution in [2.45, 2.75) is 13.8 Å². The molecule has 0 unspecified atom stereocenters. The van der Waals surface area contributed by atoms with E-state index in [0.29, 0.717) is 28.2 Å². The number of imidazole rings is 1. The molecule has 128 valence electrons. The molecule has 0 saturated heterocycles. The second kappa shape index (κ2) is 6.64. The zero-order chi connectivity index (χ0) is 18.0. The van der Waals surface area contributed by atoms with Crippen molar-refractivity contribution in [1.29, 1.82) is 0 Å². The number of carbonyl (C=O) groups is 2. The lowest BCUT2D eigenvalue weighted by molar-refractivity contribution is 0.0599. The van der Waals surface area contributed by atoms with E-state index >= 15 is 0 Å². The van der Waals surface area contributed by atoms with E-state index in [1.807, 2.05) is 22.8 Å². The van der Waals surface area contributed by atoms with E-state index in [1.165, 1.54) is 7.11 Å². The average Bonchev–Trinajstić information content (AvgIpc) is 3.23. The van der Waals surface area contributed by atoms with Crippen molar-refractivity contribution in [3.63, 3.8) is 0 Å². The minimum atomic E-state index is -0.468. The zero-order valence-electron chi connectivity index (χ0n) is 14.2. The maximum Gasteiger partial charge on any atom is 0.339 e. The van der Waals surface area contributed by atoms with Gasteiger partial charge in [-0.1, -0.05) is 12.1 Å². The van der Waals surface area contributed by atoms with Crippen LogP contribution in [-0.2, 0) is 4.74 Å². The lowest BCUT2D eigenvalue weighted by Crippen LogP contribution is -2.15. The van der Waals surface area contributed by atoms with Gasteiger partial charge in [-0.3, -0.25) is 4.79 Å². The van der Waals surface area contributed by atoms with Gasteiger partial charge in [0.05, 0.1) is 30.4 Å². The number of rotatable bonds is 4. The van der Waals surface area contributed by atoms with Gasteiger partial charge < -0.3 is 19.6 Å². The zero-order valence-corrected chi connectivity index (χ0v) is 14.2. The molecule has 2 N–H and O–H groups in total. The summed E-state index contributed by atoms with van der Waals surface area (Å²) in [6.45, 7) is 3.45. The van der Waals surface area contributed by atoms with Crippen LogP contribution in [0.1, 0.15) is 32.1 Å². The Labute approximate surface area is 144 Å². The van der Waals surface area contributed by atoms with Crippen LogP contribution >= 0.6 is 0 Å². The van der Waals surface area contributed by atoms with E-state index in [1.54, 1.807) is 38.6 Å². The third-order valence-electron chi connectivity index (χ3n) is 3.99. The Morgan fingerprint density at radius 1 is 1.24 bits per heavy atom. The molecule has 0 atom stereocenters. The van der Waals surface area contributed by atoms with Crippen LogP contribution in [0.15, 0.2) is 43.0 Å². The predicted molar refractivity (Wildman–Crippen MR) is 93.1 cm³/mol. The Morgan fingerprint density at radius 2 is 2.00 bits per heavy atom. The number of carbonyl (C=O) groups excluding carboxylic acids is 2. The Bertz CT molecular complexity index is 926. The molecule has 0 radical (unpaired) electrons. The van der Waals surface area contributed by atoms with Crippen molar-refractivity contribution in [2.75, 3.05) is 12.4 Å². The summed E-state index contributed by atoms with van der Waals surface area (Å²) in [6, 6.07) is 7.40. The number of para-hydroxylation sites is 2. The van der Waals surface area contributed by atoms with Gasteiger partial charge in [-0.05, 0) is 31.5 Å². The Hall–Kier alpha value is -3.35. The van der Waals surface area contributed by atoms with Gasteiger partial charge in [0.1, 0.15) is 5.69 Å². The van der Waals surface area contributed by atoms with E-state index in [2.05, 4.69) is 15.3 Å². The number of aromatic nitrogens is 3. The number of amides is 1. The fraction of sp³-hybridized carbons (Fsp3) is 0.167. The lowest BCUT2D eigenvalue weighted by Gasteiger charge is -2.11. The van der Waals surface area contributed by atoms with Gasteiger partial charge in [0, 0.05) is 18.1 Å². The van der Waals surface area contributed by atoms with Crippen LogP contribution in [0.3, 0.4) is 0 Å². The second-order valence-corrected chi connectivity index (χ2v) is 5.56. The highest BCUT2D eigenvalue weighted by molar-refractivity contribution is 6.07. The number of hydrogen-bond acceptors (Lipinski definition) is 4. The second-order valence-electron chi connectivity index (χ2n) is 5.56. The van der Waals surface area contributed by atoms with Crippen molar-refractivity contribution in [3.8, 4) is 5.69 Å². The minimum absolute atomic E-state index is 0.330. The van der Waals surface area contributed by atoms with Crippen LogP contribution in [0.25, 0.3) is 5.69 Å². The predicted octanol–water partition coefficient (Wildman–Crippen LogP) is 2.86. The molecule has 0 saturated carbocycles. The first-order valence-corrected chi connectivity index (χ1v) is 7.69. The summed E-state index contributed by atoms with van der Waals surface area (Å²) < 4.78 is 6.58. The number of esters is 1. The number of nitrogens with one attached hydrogen (secondary N) is 2. The topological polar surface area (TPSA) is 89.0 Å². The van der Waals surface area contributed by atoms with Crippen LogP contribution in [0, 0.1) is 13.8 Å². The molecule has 1 aromatic carbocycles. The number of methoxy groups -OCH3 is 1. The Morgan fingerprint density at radius 3 is 2.68 bits per heavy atom. The fourth-order valence-corrected chi connectivity index (χ4v) is 2.78. The SMILES string of the molecule is COC(=O)c1c(C)[nH]c(C(=O)Nc2ccccc2-n2ccnc2)c1C. The van der Waals surface area contributed by atoms with Crippen molar-refractivity contribution >= 4 is 17.6 Å². The Kier molecular flexibility index (Phi) is 4.38. The van der Waals surface area contributed by atoms with Gasteiger partial charge in [0.15, 0.2) is 0 Å². The van der Waals surface area contributed by atoms with Crippen molar-refractivity contribution in [3.05, 3.63) is 65.5 Å². The van der Waals surface area contributed by atoms with Crippen molar-refractivity contribution < 1.29 is 14.3 Å². The maximum atomic E-state index is 12.7. The summed E-state index contributed by atoms with van der Waals surface area (Å²) in [5.74, 6) is -0.799. The van der Waals surface area contributed by atoms with Crippen LogP contribution in [-0.4, -0.2) is 33.5 Å². The average molecular weight is 338 g/mol. The third-order valence-corrected chi connectivity index (χ3v) is 3.99. The first kappa shape index (κ1) is 16.5. The summed E-state index contributed by atoms with van der Waals surface area (Å²) >= 11 is 0. The molecule has 0 bridgehead atoms. The first-order chi connectivity index (χ1) is 12.0. The quantitative estimate of drug-likeness (QED) is 0.716. The number of ether oxygens (including phenoxy) is 1.